The van der Waals surface area contributed by atoms with E-state index in [0.29, 0.717) is 0 Å². The van der Waals surface area contributed by atoms with Crippen molar-refractivity contribution >= 4 is 29.0 Å². The molecule has 2 heterocycles. The number of aromatic nitrogens is 1. The quantitative estimate of drug-likeness (QED) is 0.812. The fourth-order valence-electron chi connectivity index (χ4n) is 2.54. The standard InChI is InChI=1S/C15H26N4OS2/c1-3-14-17-12(11-22-14)10-18-5-7-19(8-6-18)15(20)13(16)4-9-21-2/h11,13H,3-10,16H2,1-2H3. The van der Waals surface area contributed by atoms with Gasteiger partial charge in [-0.2, -0.15) is 11.8 Å². The minimum Gasteiger partial charge on any atom is -0.339 e. The third-order valence-electron chi connectivity index (χ3n) is 3.92. The first-order valence-corrected chi connectivity index (χ1v) is 10.1. The zero-order chi connectivity index (χ0) is 15.9. The number of piperazine rings is 1. The Hall–Kier alpha value is -0.630. The molecular formula is C15H26N4OS2. The molecule has 0 aliphatic carbocycles. The van der Waals surface area contributed by atoms with Crippen LogP contribution in [-0.2, 0) is 17.8 Å². The van der Waals surface area contributed by atoms with Gasteiger partial charge in [-0.15, -0.1) is 11.3 Å². The van der Waals surface area contributed by atoms with E-state index in [2.05, 4.69) is 22.2 Å². The normalized spacial score (nSPS) is 17.7. The predicted octanol–water partition coefficient (Wildman–Crippen LogP) is 1.43. The highest BCUT2D eigenvalue weighted by Crippen LogP contribution is 2.14. The van der Waals surface area contributed by atoms with Crippen LogP contribution in [0.15, 0.2) is 5.38 Å². The number of carbonyl (C=O) groups is 1. The Morgan fingerprint density at radius 3 is 2.77 bits per heavy atom. The molecule has 1 aliphatic rings. The van der Waals surface area contributed by atoms with Gasteiger partial charge in [0.2, 0.25) is 5.91 Å². The van der Waals surface area contributed by atoms with Crippen LogP contribution in [0.5, 0.6) is 0 Å². The van der Waals surface area contributed by atoms with E-state index >= 15 is 0 Å². The molecule has 1 aromatic heterocycles. The van der Waals surface area contributed by atoms with Gasteiger partial charge in [-0.3, -0.25) is 9.69 Å². The van der Waals surface area contributed by atoms with E-state index in [1.54, 1.807) is 23.1 Å². The summed E-state index contributed by atoms with van der Waals surface area (Å²) in [7, 11) is 0. The second kappa shape index (κ2) is 8.86. The van der Waals surface area contributed by atoms with Gasteiger partial charge in [-0.25, -0.2) is 4.98 Å². The second-order valence-corrected chi connectivity index (χ2v) is 7.50. The molecule has 2 N–H and O–H groups in total. The van der Waals surface area contributed by atoms with Crippen molar-refractivity contribution < 1.29 is 4.79 Å². The smallest absolute Gasteiger partial charge is 0.239 e. The van der Waals surface area contributed by atoms with Crippen molar-refractivity contribution in [1.82, 2.24) is 14.8 Å². The second-order valence-electron chi connectivity index (χ2n) is 5.58. The van der Waals surface area contributed by atoms with Crippen molar-refractivity contribution in [2.75, 3.05) is 38.2 Å². The summed E-state index contributed by atoms with van der Waals surface area (Å²) < 4.78 is 0. The minimum atomic E-state index is -0.343. The number of aryl methyl sites for hydroxylation is 1. The number of nitrogens with zero attached hydrogens (tertiary/aromatic N) is 3. The highest BCUT2D eigenvalue weighted by molar-refractivity contribution is 7.98. The predicted molar refractivity (Wildman–Crippen MR) is 94.3 cm³/mol. The maximum atomic E-state index is 12.3. The molecule has 0 spiro atoms. The van der Waals surface area contributed by atoms with Crippen molar-refractivity contribution in [1.29, 1.82) is 0 Å². The number of rotatable bonds is 7. The van der Waals surface area contributed by atoms with Gasteiger partial charge in [0.1, 0.15) is 0 Å². The molecular weight excluding hydrogens is 316 g/mol. The first-order chi connectivity index (χ1) is 10.6. The molecule has 124 valence electrons. The highest BCUT2D eigenvalue weighted by Gasteiger charge is 2.25. The molecule has 1 saturated heterocycles. The van der Waals surface area contributed by atoms with Crippen LogP contribution in [0.25, 0.3) is 0 Å². The molecule has 1 atom stereocenters. The van der Waals surface area contributed by atoms with Crippen molar-refractivity contribution in [2.24, 2.45) is 5.73 Å². The lowest BCUT2D eigenvalue weighted by Gasteiger charge is -2.35. The van der Waals surface area contributed by atoms with Gasteiger partial charge in [-0.05, 0) is 24.9 Å². The fourth-order valence-corrected chi connectivity index (χ4v) is 3.77. The van der Waals surface area contributed by atoms with Gasteiger partial charge in [-0.1, -0.05) is 6.92 Å². The Morgan fingerprint density at radius 2 is 2.18 bits per heavy atom. The van der Waals surface area contributed by atoms with Gasteiger partial charge in [0.05, 0.1) is 16.7 Å². The lowest BCUT2D eigenvalue weighted by atomic mass is 10.2. The molecule has 1 aliphatic heterocycles. The Morgan fingerprint density at radius 1 is 1.45 bits per heavy atom. The maximum absolute atomic E-state index is 12.3. The summed E-state index contributed by atoms with van der Waals surface area (Å²) in [5, 5.41) is 3.35. The Bertz CT molecular complexity index is 472. The van der Waals surface area contributed by atoms with Crippen LogP contribution < -0.4 is 5.73 Å². The third kappa shape index (κ3) is 4.94. The molecule has 7 heteroatoms. The van der Waals surface area contributed by atoms with E-state index in [-0.39, 0.29) is 11.9 Å². The summed E-state index contributed by atoms with van der Waals surface area (Å²) >= 11 is 3.47. The molecule has 0 bridgehead atoms. The van der Waals surface area contributed by atoms with Crippen LogP contribution in [0.1, 0.15) is 24.0 Å². The highest BCUT2D eigenvalue weighted by atomic mass is 32.2. The summed E-state index contributed by atoms with van der Waals surface area (Å²) in [5.41, 5.74) is 7.13. The topological polar surface area (TPSA) is 62.5 Å². The van der Waals surface area contributed by atoms with Gasteiger partial charge in [0, 0.05) is 38.1 Å². The SMILES string of the molecule is CCc1nc(CN2CCN(C(=O)C(N)CCSC)CC2)cs1. The number of carbonyl (C=O) groups excluding carboxylic acids is 1. The van der Waals surface area contributed by atoms with Crippen molar-refractivity contribution in [3.8, 4) is 0 Å². The van der Waals surface area contributed by atoms with Crippen LogP contribution in [0.2, 0.25) is 0 Å². The minimum absolute atomic E-state index is 0.107. The van der Waals surface area contributed by atoms with Gasteiger partial charge in [0.15, 0.2) is 0 Å². The molecule has 0 aromatic carbocycles. The summed E-state index contributed by atoms with van der Waals surface area (Å²) in [6, 6.07) is -0.343. The number of nitrogens with two attached hydrogens (primary N) is 1. The maximum Gasteiger partial charge on any atom is 0.239 e. The third-order valence-corrected chi connectivity index (χ3v) is 5.61. The Kier molecular flexibility index (Phi) is 7.14. The Labute approximate surface area is 141 Å². The molecule has 1 fully saturated rings. The van der Waals surface area contributed by atoms with Crippen LogP contribution in [0.4, 0.5) is 0 Å². The first-order valence-electron chi connectivity index (χ1n) is 7.83. The number of thiazole rings is 1. The average molecular weight is 343 g/mol. The van der Waals surface area contributed by atoms with E-state index in [4.69, 9.17) is 5.73 Å². The summed E-state index contributed by atoms with van der Waals surface area (Å²) in [4.78, 5) is 21.2. The van der Waals surface area contributed by atoms with E-state index < -0.39 is 0 Å². The zero-order valence-electron chi connectivity index (χ0n) is 13.5. The molecule has 5 nitrogen and oxygen atoms in total. The van der Waals surface area contributed by atoms with Crippen molar-refractivity contribution in [3.63, 3.8) is 0 Å². The van der Waals surface area contributed by atoms with Gasteiger partial charge < -0.3 is 10.6 Å². The molecule has 1 amide bonds. The van der Waals surface area contributed by atoms with E-state index in [1.165, 1.54) is 5.01 Å². The monoisotopic (exact) mass is 342 g/mol. The summed E-state index contributed by atoms with van der Waals surface area (Å²) in [6.07, 6.45) is 3.80. The van der Waals surface area contributed by atoms with Crippen molar-refractivity contribution in [3.05, 3.63) is 16.1 Å². The molecule has 1 unspecified atom stereocenters. The number of thioether (sulfide) groups is 1. The lowest BCUT2D eigenvalue weighted by Crippen LogP contribution is -2.53. The lowest BCUT2D eigenvalue weighted by molar-refractivity contribution is -0.134. The van der Waals surface area contributed by atoms with Crippen LogP contribution in [-0.4, -0.2) is 64.9 Å². The van der Waals surface area contributed by atoms with E-state index in [9.17, 15) is 4.79 Å². The van der Waals surface area contributed by atoms with Crippen LogP contribution in [0.3, 0.4) is 0 Å². The first kappa shape index (κ1) is 17.7. The fraction of sp³-hybridized carbons (Fsp3) is 0.733. The average Bonchev–Trinajstić information content (AvgIpc) is 3.00. The molecule has 22 heavy (non-hydrogen) atoms. The van der Waals surface area contributed by atoms with Crippen LogP contribution in [0, 0.1) is 0 Å². The largest absolute Gasteiger partial charge is 0.339 e. The van der Waals surface area contributed by atoms with Gasteiger partial charge in [0.25, 0.3) is 0 Å². The van der Waals surface area contributed by atoms with E-state index in [0.717, 1.165) is 57.0 Å². The number of hydrogen-bond acceptors (Lipinski definition) is 6. The molecule has 2 rings (SSSR count). The zero-order valence-corrected chi connectivity index (χ0v) is 15.1. The summed E-state index contributed by atoms with van der Waals surface area (Å²) in [6.45, 7) is 6.37. The van der Waals surface area contributed by atoms with Gasteiger partial charge >= 0.3 is 0 Å². The van der Waals surface area contributed by atoms with Crippen LogP contribution >= 0.6 is 23.1 Å². The van der Waals surface area contributed by atoms with Crippen molar-refractivity contribution in [2.45, 2.75) is 32.4 Å². The Balaban J connectivity index is 1.76. The number of hydrogen-bond donors (Lipinski definition) is 1. The molecule has 0 radical (unpaired) electrons. The summed E-state index contributed by atoms with van der Waals surface area (Å²) in [5.74, 6) is 1.05. The molecule has 1 aromatic rings. The van der Waals surface area contributed by atoms with E-state index in [1.807, 2.05) is 11.2 Å². The molecule has 0 saturated carbocycles. The number of amides is 1.